The number of ether oxygens (including phenoxy) is 1. The fraction of sp³-hybridized carbons (Fsp3) is 0.591. The van der Waals surface area contributed by atoms with Crippen molar-refractivity contribution in [2.24, 2.45) is 5.92 Å². The summed E-state index contributed by atoms with van der Waals surface area (Å²) in [7, 11) is 2.23. The van der Waals surface area contributed by atoms with Crippen LogP contribution in [0.2, 0.25) is 0 Å². The molecule has 1 saturated carbocycles. The molecule has 3 atom stereocenters. The number of piperidine rings is 1. The van der Waals surface area contributed by atoms with E-state index >= 15 is 0 Å². The molecule has 2 fully saturated rings. The molecule has 1 aliphatic heterocycles. The van der Waals surface area contributed by atoms with E-state index in [2.05, 4.69) is 46.6 Å². The van der Waals surface area contributed by atoms with E-state index in [-0.39, 0.29) is 12.2 Å². The molecule has 0 spiro atoms. The number of benzene rings is 1. The molecular formula is C22H29N3O2. The van der Waals surface area contributed by atoms with Gasteiger partial charge in [-0.15, -0.1) is 0 Å². The van der Waals surface area contributed by atoms with Crippen LogP contribution >= 0.6 is 0 Å². The van der Waals surface area contributed by atoms with Crippen LogP contribution < -0.4 is 5.32 Å². The van der Waals surface area contributed by atoms with E-state index in [0.29, 0.717) is 24.4 Å². The molecule has 2 aromatic rings. The minimum absolute atomic E-state index is 0.131. The summed E-state index contributed by atoms with van der Waals surface area (Å²) in [5.41, 5.74) is 4.18. The zero-order valence-corrected chi connectivity index (χ0v) is 16.0. The maximum Gasteiger partial charge on any atom is 0.407 e. The Morgan fingerprint density at radius 3 is 3.04 bits per heavy atom. The molecule has 5 rings (SSSR count). The molecule has 2 aliphatic carbocycles. The first-order valence-electron chi connectivity index (χ1n) is 10.4. The van der Waals surface area contributed by atoms with Crippen molar-refractivity contribution in [3.8, 4) is 0 Å². The van der Waals surface area contributed by atoms with Gasteiger partial charge in [0, 0.05) is 42.1 Å². The van der Waals surface area contributed by atoms with E-state index in [9.17, 15) is 4.79 Å². The quantitative estimate of drug-likeness (QED) is 0.868. The number of aromatic amines is 1. The zero-order valence-electron chi connectivity index (χ0n) is 16.0. The molecule has 27 heavy (non-hydrogen) atoms. The third-order valence-electron chi connectivity index (χ3n) is 6.92. The van der Waals surface area contributed by atoms with Gasteiger partial charge in [-0.05, 0) is 68.7 Å². The third kappa shape index (κ3) is 3.12. The SMILES string of the molecule is CN1C[C@H](CNC(=O)OC2CCCC2)CC2c3cccc4[nH]cc(c34)C[C@H]21. The van der Waals surface area contributed by atoms with Crippen LogP contribution in [-0.4, -0.2) is 48.3 Å². The number of hydrogen-bond acceptors (Lipinski definition) is 3. The predicted octanol–water partition coefficient (Wildman–Crippen LogP) is 3.80. The summed E-state index contributed by atoms with van der Waals surface area (Å²) in [5.74, 6) is 0.997. The molecule has 0 bridgehead atoms. The molecule has 3 aliphatic rings. The standard InChI is InChI=1S/C22H29N3O2/c1-25-13-14(11-24-22(26)27-16-5-2-3-6-16)9-18-17-7-4-8-19-21(17)15(12-23-19)10-20(18)25/h4,7-8,12,14,16,18,20,23H,2-3,5-6,9-11,13H2,1H3,(H,24,26)/t14-,18?,20+/m0/s1. The fourth-order valence-electron chi connectivity index (χ4n) is 5.63. The second-order valence-corrected chi connectivity index (χ2v) is 8.70. The Hall–Kier alpha value is -2.01. The highest BCUT2D eigenvalue weighted by Gasteiger charge is 2.39. The summed E-state index contributed by atoms with van der Waals surface area (Å²) in [6.07, 6.45) is 8.73. The number of nitrogens with zero attached hydrogens (tertiary/aromatic N) is 1. The maximum absolute atomic E-state index is 12.1. The van der Waals surface area contributed by atoms with Gasteiger partial charge >= 0.3 is 6.09 Å². The Labute approximate surface area is 160 Å². The van der Waals surface area contributed by atoms with E-state index < -0.39 is 0 Å². The van der Waals surface area contributed by atoms with Crippen LogP contribution in [0.5, 0.6) is 0 Å². The van der Waals surface area contributed by atoms with Crippen LogP contribution in [0.25, 0.3) is 10.9 Å². The van der Waals surface area contributed by atoms with Crippen molar-refractivity contribution in [3.05, 3.63) is 35.5 Å². The molecule has 144 valence electrons. The van der Waals surface area contributed by atoms with Gasteiger partial charge in [0.25, 0.3) is 0 Å². The molecule has 0 radical (unpaired) electrons. The first kappa shape index (κ1) is 17.1. The molecule has 1 saturated heterocycles. The van der Waals surface area contributed by atoms with Gasteiger partial charge in [-0.25, -0.2) is 4.79 Å². The second-order valence-electron chi connectivity index (χ2n) is 8.70. The number of amides is 1. The van der Waals surface area contributed by atoms with Gasteiger partial charge in [-0.2, -0.15) is 0 Å². The number of carbonyl (C=O) groups excluding carboxylic acids is 1. The highest BCUT2D eigenvalue weighted by atomic mass is 16.6. The van der Waals surface area contributed by atoms with Crippen LogP contribution in [0.4, 0.5) is 4.79 Å². The third-order valence-corrected chi connectivity index (χ3v) is 6.92. The minimum atomic E-state index is -0.231. The average Bonchev–Trinajstić information content (AvgIpc) is 3.32. The summed E-state index contributed by atoms with van der Waals surface area (Å²) in [6.45, 7) is 1.73. The van der Waals surface area contributed by atoms with Gasteiger partial charge in [-0.1, -0.05) is 12.1 Å². The van der Waals surface area contributed by atoms with Gasteiger partial charge < -0.3 is 19.9 Å². The maximum atomic E-state index is 12.1. The van der Waals surface area contributed by atoms with Crippen molar-refractivity contribution >= 4 is 17.0 Å². The summed E-state index contributed by atoms with van der Waals surface area (Å²) in [5, 5.41) is 4.47. The molecule has 1 unspecified atom stereocenters. The van der Waals surface area contributed by atoms with E-state index in [0.717, 1.165) is 32.2 Å². The van der Waals surface area contributed by atoms with Gasteiger partial charge in [0.2, 0.25) is 0 Å². The number of H-pyrrole nitrogens is 1. The monoisotopic (exact) mass is 367 g/mol. The van der Waals surface area contributed by atoms with Crippen LogP contribution in [0, 0.1) is 5.92 Å². The Bertz CT molecular complexity index is 839. The zero-order chi connectivity index (χ0) is 18.4. The van der Waals surface area contributed by atoms with Crippen molar-refractivity contribution in [3.63, 3.8) is 0 Å². The molecule has 2 heterocycles. The number of alkyl carbamates (subject to hydrolysis) is 1. The van der Waals surface area contributed by atoms with Crippen LogP contribution in [0.1, 0.15) is 49.1 Å². The van der Waals surface area contributed by atoms with Crippen molar-refractivity contribution in [1.82, 2.24) is 15.2 Å². The molecule has 2 N–H and O–H groups in total. The highest BCUT2D eigenvalue weighted by Crippen LogP contribution is 2.44. The molecule has 5 heteroatoms. The van der Waals surface area contributed by atoms with Crippen LogP contribution in [0.15, 0.2) is 24.4 Å². The molecule has 1 aromatic heterocycles. The molecular weight excluding hydrogens is 338 g/mol. The van der Waals surface area contributed by atoms with Gasteiger partial charge in [0.15, 0.2) is 0 Å². The number of fused-ring (bicyclic) bond motifs is 2. The molecule has 5 nitrogen and oxygen atoms in total. The Kier molecular flexibility index (Phi) is 4.35. The summed E-state index contributed by atoms with van der Waals surface area (Å²) in [6, 6.07) is 7.20. The number of likely N-dealkylation sites (N-methyl/N-ethyl adjacent to an activating group) is 1. The number of hydrogen-bond donors (Lipinski definition) is 2. The fourth-order valence-corrected chi connectivity index (χ4v) is 5.63. The van der Waals surface area contributed by atoms with Crippen molar-refractivity contribution in [2.75, 3.05) is 20.1 Å². The van der Waals surface area contributed by atoms with Crippen molar-refractivity contribution in [2.45, 2.75) is 56.6 Å². The average molecular weight is 367 g/mol. The van der Waals surface area contributed by atoms with E-state index in [1.807, 2.05) is 0 Å². The number of rotatable bonds is 3. The van der Waals surface area contributed by atoms with E-state index in [1.54, 1.807) is 0 Å². The Balaban J connectivity index is 1.28. The topological polar surface area (TPSA) is 57.4 Å². The number of likely N-dealkylation sites (tertiary alicyclic amines) is 1. The normalized spacial score (nSPS) is 28.3. The summed E-state index contributed by atoms with van der Waals surface area (Å²) >= 11 is 0. The largest absolute Gasteiger partial charge is 0.446 e. The smallest absolute Gasteiger partial charge is 0.407 e. The van der Waals surface area contributed by atoms with Crippen molar-refractivity contribution < 1.29 is 9.53 Å². The minimum Gasteiger partial charge on any atom is -0.446 e. The summed E-state index contributed by atoms with van der Waals surface area (Å²) in [4.78, 5) is 18.1. The lowest BCUT2D eigenvalue weighted by atomic mass is 9.72. The van der Waals surface area contributed by atoms with Crippen LogP contribution in [0.3, 0.4) is 0 Å². The highest BCUT2D eigenvalue weighted by molar-refractivity contribution is 5.88. The van der Waals surface area contributed by atoms with Crippen LogP contribution in [-0.2, 0) is 11.2 Å². The number of nitrogens with one attached hydrogen (secondary N) is 2. The van der Waals surface area contributed by atoms with Gasteiger partial charge in [-0.3, -0.25) is 0 Å². The van der Waals surface area contributed by atoms with E-state index in [4.69, 9.17) is 4.74 Å². The Morgan fingerprint density at radius 2 is 2.19 bits per heavy atom. The van der Waals surface area contributed by atoms with Crippen molar-refractivity contribution in [1.29, 1.82) is 0 Å². The lowest BCUT2D eigenvalue weighted by Crippen LogP contribution is -2.50. The van der Waals surface area contributed by atoms with Gasteiger partial charge in [0.1, 0.15) is 6.10 Å². The van der Waals surface area contributed by atoms with E-state index in [1.165, 1.54) is 34.9 Å². The number of aromatic nitrogens is 1. The predicted molar refractivity (Wildman–Crippen MR) is 106 cm³/mol. The molecule has 1 amide bonds. The first-order chi connectivity index (χ1) is 13.2. The second kappa shape index (κ2) is 6.86. The lowest BCUT2D eigenvalue weighted by Gasteiger charge is -2.45. The van der Waals surface area contributed by atoms with Gasteiger partial charge in [0.05, 0.1) is 0 Å². The first-order valence-corrected chi connectivity index (χ1v) is 10.4. The lowest BCUT2D eigenvalue weighted by molar-refractivity contribution is 0.0892. The summed E-state index contributed by atoms with van der Waals surface area (Å²) < 4.78 is 5.55. The Morgan fingerprint density at radius 1 is 1.33 bits per heavy atom. The number of carbonyl (C=O) groups is 1. The molecule has 1 aromatic carbocycles.